The first-order valence-corrected chi connectivity index (χ1v) is 11.1. The smallest absolute Gasteiger partial charge is 0.356 e. The van der Waals surface area contributed by atoms with Gasteiger partial charge in [-0.3, -0.25) is 0 Å². The lowest BCUT2D eigenvalue weighted by Gasteiger charge is -2.24. The Kier molecular flexibility index (Phi) is 5.66. The Morgan fingerprint density at radius 3 is 1.76 bits per heavy atom. The van der Waals surface area contributed by atoms with Crippen molar-refractivity contribution in [3.8, 4) is 0 Å². The third kappa shape index (κ3) is 3.98. The van der Waals surface area contributed by atoms with Gasteiger partial charge in [-0.1, -0.05) is 36.4 Å². The van der Waals surface area contributed by atoms with Crippen molar-refractivity contribution in [2.75, 3.05) is 10.8 Å². The van der Waals surface area contributed by atoms with Gasteiger partial charge in [-0.2, -0.15) is 3.71 Å². The van der Waals surface area contributed by atoms with E-state index in [1.54, 1.807) is 12.1 Å². The second-order valence-electron chi connectivity index (χ2n) is 5.72. The average molecular weight is 432 g/mol. The van der Waals surface area contributed by atoms with Crippen molar-refractivity contribution in [2.24, 2.45) is 0 Å². The molecule has 0 saturated heterocycles. The van der Waals surface area contributed by atoms with Crippen LogP contribution in [0, 0.1) is 0 Å². The maximum atomic E-state index is 13.3. The highest BCUT2D eigenvalue weighted by molar-refractivity contribution is 8.10. The zero-order valence-corrected chi connectivity index (χ0v) is 16.8. The molecule has 0 aliphatic rings. The minimum atomic E-state index is -4.54. The summed E-state index contributed by atoms with van der Waals surface area (Å²) >= 11 is 0. The normalized spacial score (nSPS) is 11.6. The van der Waals surface area contributed by atoms with Crippen molar-refractivity contribution in [3.63, 3.8) is 0 Å². The Hall–Kier alpha value is -3.24. The first-order chi connectivity index (χ1) is 13.8. The minimum absolute atomic E-state index is 0.226. The molecule has 0 radical (unpaired) electrons. The van der Waals surface area contributed by atoms with Gasteiger partial charge in [0.15, 0.2) is 0 Å². The summed E-state index contributed by atoms with van der Waals surface area (Å²) in [6.07, 6.45) is 1.13. The Morgan fingerprint density at radius 2 is 1.31 bits per heavy atom. The minimum Gasteiger partial charge on any atom is -0.464 e. The number of benzene rings is 2. The van der Waals surface area contributed by atoms with E-state index in [0.717, 1.165) is 19.4 Å². The molecule has 1 heterocycles. The number of hydrogen-bond donors (Lipinski definition) is 0. The summed E-state index contributed by atoms with van der Waals surface area (Å²) in [4.78, 5) is 15.2. The van der Waals surface area contributed by atoms with Crippen LogP contribution >= 0.6 is 0 Å². The van der Waals surface area contributed by atoms with Crippen molar-refractivity contribution in [1.82, 2.24) is 4.98 Å². The van der Waals surface area contributed by atoms with Crippen LogP contribution in [0.4, 0.5) is 5.69 Å². The molecule has 150 valence electrons. The molecule has 0 N–H and O–H groups in total. The molecule has 1 aromatic heterocycles. The zero-order chi connectivity index (χ0) is 21.1. The molecule has 0 amide bonds. The number of rotatable bonds is 6. The summed E-state index contributed by atoms with van der Waals surface area (Å²) in [5.74, 6) is -0.832. The third-order valence-corrected chi connectivity index (χ3v) is 8.08. The number of pyridine rings is 1. The summed E-state index contributed by atoms with van der Waals surface area (Å²) < 4.78 is 58.1. The molecule has 3 aromatic rings. The molecule has 0 bridgehead atoms. The van der Waals surface area contributed by atoms with Crippen LogP contribution in [0.25, 0.3) is 0 Å². The predicted molar refractivity (Wildman–Crippen MR) is 105 cm³/mol. The van der Waals surface area contributed by atoms with Crippen LogP contribution in [0.5, 0.6) is 0 Å². The molecule has 0 fully saturated rings. The van der Waals surface area contributed by atoms with E-state index in [2.05, 4.69) is 9.72 Å². The molecular weight excluding hydrogens is 416 g/mol. The Balaban J connectivity index is 2.28. The van der Waals surface area contributed by atoms with E-state index >= 15 is 0 Å². The molecule has 0 atom stereocenters. The highest BCUT2D eigenvalue weighted by atomic mass is 32.3. The van der Waals surface area contributed by atoms with Crippen molar-refractivity contribution in [1.29, 1.82) is 0 Å². The predicted octanol–water partition coefficient (Wildman–Crippen LogP) is 2.45. The first kappa shape index (κ1) is 20.5. The van der Waals surface area contributed by atoms with Crippen LogP contribution in [0.2, 0.25) is 0 Å². The van der Waals surface area contributed by atoms with Crippen molar-refractivity contribution >= 4 is 31.7 Å². The highest BCUT2D eigenvalue weighted by Gasteiger charge is 2.37. The van der Waals surface area contributed by atoms with Gasteiger partial charge in [0.2, 0.25) is 0 Å². The second kappa shape index (κ2) is 8.02. The lowest BCUT2D eigenvalue weighted by molar-refractivity contribution is 0.0594. The summed E-state index contributed by atoms with van der Waals surface area (Å²) in [6, 6.07) is 16.5. The molecule has 8 nitrogen and oxygen atoms in total. The lowest BCUT2D eigenvalue weighted by atomic mass is 10.3. The number of anilines is 1. The number of carbonyl (C=O) groups is 1. The third-order valence-electron chi connectivity index (χ3n) is 3.87. The fraction of sp³-hybridized carbons (Fsp3) is 0.0526. The van der Waals surface area contributed by atoms with Gasteiger partial charge in [0, 0.05) is 6.20 Å². The zero-order valence-electron chi connectivity index (χ0n) is 15.2. The molecule has 0 saturated carbocycles. The summed E-state index contributed by atoms with van der Waals surface area (Å²) in [6.45, 7) is 0. The maximum Gasteiger partial charge on any atom is 0.356 e. The number of esters is 1. The number of hydrogen-bond acceptors (Lipinski definition) is 7. The van der Waals surface area contributed by atoms with Gasteiger partial charge in [0.25, 0.3) is 20.0 Å². The Bertz CT molecular complexity index is 1160. The van der Waals surface area contributed by atoms with Gasteiger partial charge in [0.05, 0.1) is 22.6 Å². The monoisotopic (exact) mass is 432 g/mol. The number of methoxy groups -OCH3 is 1. The molecule has 3 rings (SSSR count). The van der Waals surface area contributed by atoms with E-state index in [1.807, 2.05) is 0 Å². The Labute approximate surface area is 168 Å². The number of sulfonamides is 2. The van der Waals surface area contributed by atoms with E-state index in [0.29, 0.717) is 3.71 Å². The molecule has 0 aliphatic carbocycles. The van der Waals surface area contributed by atoms with Crippen LogP contribution < -0.4 is 3.71 Å². The van der Waals surface area contributed by atoms with Crippen LogP contribution in [0.1, 0.15) is 10.5 Å². The lowest BCUT2D eigenvalue weighted by Crippen LogP contribution is -2.37. The highest BCUT2D eigenvalue weighted by Crippen LogP contribution is 2.30. The van der Waals surface area contributed by atoms with Crippen molar-refractivity contribution in [2.45, 2.75) is 9.79 Å². The van der Waals surface area contributed by atoms with E-state index in [4.69, 9.17) is 0 Å². The van der Waals surface area contributed by atoms with Crippen LogP contribution in [-0.2, 0) is 24.8 Å². The standard InChI is InChI=1S/C19H16N2O6S2/c1-27-19(22)18-14-15(12-13-20-18)21(28(23,24)16-8-4-2-5-9-16)29(25,26)17-10-6-3-7-11-17/h2-14H,1H3. The van der Waals surface area contributed by atoms with Crippen LogP contribution in [0.3, 0.4) is 0 Å². The van der Waals surface area contributed by atoms with Gasteiger partial charge in [-0.25, -0.2) is 26.6 Å². The number of ether oxygens (including phenoxy) is 1. The first-order valence-electron chi connectivity index (χ1n) is 8.23. The summed E-state index contributed by atoms with van der Waals surface area (Å²) in [5, 5.41) is 0. The van der Waals surface area contributed by atoms with E-state index in [-0.39, 0.29) is 21.2 Å². The molecule has 10 heteroatoms. The van der Waals surface area contributed by atoms with E-state index in [1.165, 1.54) is 54.6 Å². The van der Waals surface area contributed by atoms with Gasteiger partial charge in [-0.15, -0.1) is 0 Å². The van der Waals surface area contributed by atoms with Crippen molar-refractivity contribution in [3.05, 3.63) is 84.7 Å². The number of carbonyl (C=O) groups excluding carboxylic acids is 1. The van der Waals surface area contributed by atoms with E-state index < -0.39 is 26.0 Å². The summed E-state index contributed by atoms with van der Waals surface area (Å²) in [7, 11) is -7.95. The number of nitrogens with zero attached hydrogens (tertiary/aromatic N) is 2. The average Bonchev–Trinajstić information content (AvgIpc) is 2.74. The van der Waals surface area contributed by atoms with E-state index in [9.17, 15) is 21.6 Å². The Morgan fingerprint density at radius 1 is 0.828 bits per heavy atom. The molecule has 29 heavy (non-hydrogen) atoms. The van der Waals surface area contributed by atoms with Gasteiger partial charge in [-0.05, 0) is 36.4 Å². The molecule has 2 aromatic carbocycles. The molecular formula is C19H16N2O6S2. The molecule has 0 spiro atoms. The van der Waals surface area contributed by atoms with Gasteiger partial charge in [0.1, 0.15) is 5.69 Å². The quantitative estimate of drug-likeness (QED) is 0.550. The fourth-order valence-corrected chi connectivity index (χ4v) is 6.25. The molecule has 0 unspecified atom stereocenters. The fourth-order valence-electron chi connectivity index (χ4n) is 2.53. The van der Waals surface area contributed by atoms with Gasteiger partial charge < -0.3 is 4.74 Å². The van der Waals surface area contributed by atoms with Gasteiger partial charge >= 0.3 is 5.97 Å². The topological polar surface area (TPSA) is 111 Å². The summed E-state index contributed by atoms with van der Waals surface area (Å²) in [5.41, 5.74) is -0.505. The number of aromatic nitrogens is 1. The SMILES string of the molecule is COC(=O)c1cc(N(S(=O)(=O)c2ccccc2)S(=O)(=O)c2ccccc2)ccn1. The van der Waals surface area contributed by atoms with Crippen molar-refractivity contribution < 1.29 is 26.4 Å². The largest absolute Gasteiger partial charge is 0.464 e. The second-order valence-corrected chi connectivity index (χ2v) is 9.53. The van der Waals surface area contributed by atoms with Crippen LogP contribution in [-0.4, -0.2) is 34.9 Å². The maximum absolute atomic E-state index is 13.3. The van der Waals surface area contributed by atoms with Crippen LogP contribution in [0.15, 0.2) is 88.8 Å². The molecule has 0 aliphatic heterocycles.